The van der Waals surface area contributed by atoms with E-state index in [1.807, 2.05) is 55.6 Å². The molecule has 0 spiro atoms. The lowest BCUT2D eigenvalue weighted by Gasteiger charge is -2.15. The number of aryl methyl sites for hydroxylation is 1. The maximum absolute atomic E-state index is 12.5. The summed E-state index contributed by atoms with van der Waals surface area (Å²) in [6, 6.07) is 17.5. The Morgan fingerprint density at radius 1 is 1.04 bits per heavy atom. The number of hydrogen-bond donors (Lipinski definition) is 2. The Bertz CT molecular complexity index is 1030. The third-order valence-electron chi connectivity index (χ3n) is 4.37. The van der Waals surface area contributed by atoms with Crippen molar-refractivity contribution in [2.24, 2.45) is 0 Å². The number of carbonyl (C=O) groups is 1. The molecule has 0 bridgehead atoms. The Labute approximate surface area is 169 Å². The van der Waals surface area contributed by atoms with Crippen molar-refractivity contribution in [3.05, 3.63) is 87.6 Å². The summed E-state index contributed by atoms with van der Waals surface area (Å²) in [6.07, 6.45) is 0. The fraction of sp³-hybridized carbons (Fsp3) is 0.190. The minimum Gasteiger partial charge on any atom is -0.346 e. The maximum Gasteiger partial charge on any atom is 0.251 e. The maximum atomic E-state index is 12.5. The predicted molar refractivity (Wildman–Crippen MR) is 112 cm³/mol. The van der Waals surface area contributed by atoms with E-state index in [1.165, 1.54) is 35.6 Å². The van der Waals surface area contributed by atoms with Gasteiger partial charge in [0, 0.05) is 17.0 Å². The number of nitrogens with one attached hydrogen (secondary N) is 2. The smallest absolute Gasteiger partial charge is 0.251 e. The lowest BCUT2D eigenvalue weighted by atomic mass is 10.1. The molecular formula is C21H22N2O3S2. The van der Waals surface area contributed by atoms with Gasteiger partial charge in [0.1, 0.15) is 0 Å². The number of carbonyl (C=O) groups excluding carboxylic acids is 1. The summed E-state index contributed by atoms with van der Waals surface area (Å²) in [4.78, 5) is 13.5. The van der Waals surface area contributed by atoms with E-state index in [0.717, 1.165) is 16.0 Å². The van der Waals surface area contributed by atoms with Crippen LogP contribution >= 0.6 is 11.3 Å². The summed E-state index contributed by atoms with van der Waals surface area (Å²) in [5, 5.41) is 4.83. The van der Waals surface area contributed by atoms with Gasteiger partial charge in [-0.05, 0) is 55.1 Å². The lowest BCUT2D eigenvalue weighted by Crippen LogP contribution is -2.27. The first-order chi connectivity index (χ1) is 13.3. The zero-order valence-corrected chi connectivity index (χ0v) is 17.3. The number of sulfonamides is 1. The molecule has 1 atom stereocenters. The van der Waals surface area contributed by atoms with E-state index in [9.17, 15) is 13.2 Å². The van der Waals surface area contributed by atoms with Crippen molar-refractivity contribution in [3.63, 3.8) is 0 Å². The second-order valence-electron chi connectivity index (χ2n) is 6.53. The van der Waals surface area contributed by atoms with Crippen molar-refractivity contribution in [2.45, 2.75) is 31.3 Å². The van der Waals surface area contributed by atoms with Crippen LogP contribution in [0.2, 0.25) is 0 Å². The molecule has 0 radical (unpaired) electrons. The molecule has 1 aromatic heterocycles. The second kappa shape index (κ2) is 8.68. The first-order valence-electron chi connectivity index (χ1n) is 8.85. The van der Waals surface area contributed by atoms with Gasteiger partial charge in [-0.1, -0.05) is 35.9 Å². The lowest BCUT2D eigenvalue weighted by molar-refractivity contribution is 0.0940. The number of rotatable bonds is 7. The average molecular weight is 415 g/mol. The van der Waals surface area contributed by atoms with Crippen LogP contribution in [0.25, 0.3) is 0 Å². The molecule has 0 saturated carbocycles. The highest BCUT2D eigenvalue weighted by Crippen LogP contribution is 2.16. The van der Waals surface area contributed by atoms with Crippen LogP contribution < -0.4 is 10.0 Å². The molecule has 3 aromatic rings. The van der Waals surface area contributed by atoms with Crippen LogP contribution in [-0.4, -0.2) is 14.3 Å². The first-order valence-corrected chi connectivity index (χ1v) is 11.2. The summed E-state index contributed by atoms with van der Waals surface area (Å²) < 4.78 is 27.4. The van der Waals surface area contributed by atoms with Gasteiger partial charge < -0.3 is 5.32 Å². The second-order valence-corrected chi connectivity index (χ2v) is 9.33. The Morgan fingerprint density at radius 2 is 1.71 bits per heavy atom. The Kier molecular flexibility index (Phi) is 6.28. The molecule has 5 nitrogen and oxygen atoms in total. The zero-order chi connectivity index (χ0) is 20.1. The summed E-state index contributed by atoms with van der Waals surface area (Å²) >= 11 is 1.49. The number of amides is 1. The van der Waals surface area contributed by atoms with Gasteiger partial charge in [0.25, 0.3) is 5.91 Å². The molecule has 1 heterocycles. The van der Waals surface area contributed by atoms with Crippen LogP contribution in [0, 0.1) is 6.92 Å². The molecule has 2 N–H and O–H groups in total. The molecule has 0 fully saturated rings. The Hall–Kier alpha value is -2.48. The van der Waals surface area contributed by atoms with Gasteiger partial charge >= 0.3 is 0 Å². The van der Waals surface area contributed by atoms with E-state index in [1.54, 1.807) is 0 Å². The van der Waals surface area contributed by atoms with Crippen molar-refractivity contribution in [2.75, 3.05) is 0 Å². The van der Waals surface area contributed by atoms with Gasteiger partial charge in [0.15, 0.2) is 0 Å². The number of thiophene rings is 1. The Balaban J connectivity index is 1.64. The van der Waals surface area contributed by atoms with Gasteiger partial charge in [-0.2, -0.15) is 0 Å². The van der Waals surface area contributed by atoms with Crippen molar-refractivity contribution in [3.8, 4) is 0 Å². The van der Waals surface area contributed by atoms with E-state index in [2.05, 4.69) is 10.0 Å². The van der Waals surface area contributed by atoms with Crippen molar-refractivity contribution >= 4 is 27.3 Å². The molecule has 0 aliphatic heterocycles. The molecule has 28 heavy (non-hydrogen) atoms. The van der Waals surface area contributed by atoms with Crippen LogP contribution in [0.5, 0.6) is 0 Å². The topological polar surface area (TPSA) is 75.3 Å². The molecular weight excluding hydrogens is 392 g/mol. The van der Waals surface area contributed by atoms with Crippen LogP contribution in [0.15, 0.2) is 70.9 Å². The third-order valence-corrected chi connectivity index (χ3v) is 6.66. The van der Waals surface area contributed by atoms with Crippen LogP contribution in [-0.2, 0) is 16.6 Å². The summed E-state index contributed by atoms with van der Waals surface area (Å²) in [7, 11) is -3.62. The highest BCUT2D eigenvalue weighted by Gasteiger charge is 2.16. The monoisotopic (exact) mass is 414 g/mol. The van der Waals surface area contributed by atoms with Gasteiger partial charge in [-0.25, -0.2) is 13.1 Å². The molecule has 146 valence electrons. The Morgan fingerprint density at radius 3 is 2.32 bits per heavy atom. The molecule has 0 aliphatic rings. The normalized spacial score (nSPS) is 12.5. The van der Waals surface area contributed by atoms with Gasteiger partial charge in [-0.3, -0.25) is 4.79 Å². The summed E-state index contributed by atoms with van der Waals surface area (Å²) in [5.74, 6) is -0.247. The van der Waals surface area contributed by atoms with E-state index in [4.69, 9.17) is 0 Å². The third kappa shape index (κ3) is 5.07. The number of hydrogen-bond acceptors (Lipinski definition) is 4. The minimum absolute atomic E-state index is 0.132. The SMILES string of the molecule is Cc1ccc(C(C)NC(=O)c2ccc(S(=O)(=O)NCc3cccs3)cc2)cc1. The summed E-state index contributed by atoms with van der Waals surface area (Å²) in [5.41, 5.74) is 2.58. The standard InChI is InChI=1S/C21H22N2O3S2/c1-15-5-7-17(8-6-15)16(2)23-21(24)18-9-11-20(12-10-18)28(25,26)22-14-19-4-3-13-27-19/h3-13,16,22H,14H2,1-2H3,(H,23,24). The van der Waals surface area contributed by atoms with E-state index >= 15 is 0 Å². The van der Waals surface area contributed by atoms with E-state index in [0.29, 0.717) is 5.56 Å². The largest absolute Gasteiger partial charge is 0.346 e. The van der Waals surface area contributed by atoms with Gasteiger partial charge in [0.2, 0.25) is 10.0 Å². The van der Waals surface area contributed by atoms with Crippen LogP contribution in [0.1, 0.15) is 39.3 Å². The van der Waals surface area contributed by atoms with Crippen LogP contribution in [0.4, 0.5) is 0 Å². The first kappa shape index (κ1) is 20.3. The predicted octanol–water partition coefficient (Wildman–Crippen LogP) is 4.03. The zero-order valence-electron chi connectivity index (χ0n) is 15.7. The molecule has 2 aromatic carbocycles. The molecule has 0 saturated heterocycles. The molecule has 1 amide bonds. The molecule has 0 aliphatic carbocycles. The highest BCUT2D eigenvalue weighted by molar-refractivity contribution is 7.89. The quantitative estimate of drug-likeness (QED) is 0.613. The minimum atomic E-state index is -3.62. The van der Waals surface area contributed by atoms with Crippen molar-refractivity contribution < 1.29 is 13.2 Å². The fourth-order valence-corrected chi connectivity index (χ4v) is 4.41. The molecule has 7 heteroatoms. The van der Waals surface area contributed by atoms with Crippen molar-refractivity contribution in [1.82, 2.24) is 10.0 Å². The van der Waals surface area contributed by atoms with Gasteiger partial charge in [0.05, 0.1) is 10.9 Å². The number of benzene rings is 2. The van der Waals surface area contributed by atoms with Crippen LogP contribution in [0.3, 0.4) is 0 Å². The van der Waals surface area contributed by atoms with Crippen molar-refractivity contribution in [1.29, 1.82) is 0 Å². The average Bonchev–Trinajstić information content (AvgIpc) is 3.21. The van der Waals surface area contributed by atoms with Gasteiger partial charge in [-0.15, -0.1) is 11.3 Å². The van der Waals surface area contributed by atoms with E-state index in [-0.39, 0.29) is 23.4 Å². The molecule has 3 rings (SSSR count). The highest BCUT2D eigenvalue weighted by atomic mass is 32.2. The molecule has 1 unspecified atom stereocenters. The fourth-order valence-electron chi connectivity index (χ4n) is 2.67. The summed E-state index contributed by atoms with van der Waals surface area (Å²) in [6.45, 7) is 4.17. The van der Waals surface area contributed by atoms with E-state index < -0.39 is 10.0 Å².